The third-order valence-electron chi connectivity index (χ3n) is 4.75. The van der Waals surface area contributed by atoms with Crippen molar-refractivity contribution in [2.24, 2.45) is 0 Å². The Labute approximate surface area is 147 Å². The van der Waals surface area contributed by atoms with E-state index in [0.29, 0.717) is 38.1 Å². The number of ether oxygens (including phenoxy) is 2. The number of anilines is 1. The first-order valence-electron chi connectivity index (χ1n) is 8.20. The molecule has 1 aromatic heterocycles. The van der Waals surface area contributed by atoms with E-state index < -0.39 is 28.9 Å². The molecule has 0 radical (unpaired) electrons. The maximum absolute atomic E-state index is 15.1. The highest BCUT2D eigenvalue weighted by molar-refractivity contribution is 5.46. The Bertz CT molecular complexity index is 803. The van der Waals surface area contributed by atoms with Crippen LogP contribution in [0.4, 0.5) is 23.2 Å². The van der Waals surface area contributed by atoms with Gasteiger partial charge >= 0.3 is 5.92 Å². The van der Waals surface area contributed by atoms with E-state index in [4.69, 9.17) is 9.47 Å². The maximum Gasteiger partial charge on any atom is 0.324 e. The van der Waals surface area contributed by atoms with Crippen LogP contribution in [0.15, 0.2) is 36.5 Å². The lowest BCUT2D eigenvalue weighted by Crippen LogP contribution is -2.37. The number of aromatic nitrogens is 1. The minimum atomic E-state index is -3.56. The molecule has 4 nitrogen and oxygen atoms in total. The van der Waals surface area contributed by atoms with Crippen LogP contribution in [0.2, 0.25) is 0 Å². The van der Waals surface area contributed by atoms with Crippen LogP contribution in [-0.4, -0.2) is 37.9 Å². The molecule has 8 heteroatoms. The minimum absolute atomic E-state index is 0.366. The Morgan fingerprint density at radius 1 is 1.08 bits per heavy atom. The van der Waals surface area contributed by atoms with Gasteiger partial charge in [0.15, 0.2) is 5.60 Å². The first-order valence-corrected chi connectivity index (χ1v) is 8.20. The zero-order valence-corrected chi connectivity index (χ0v) is 13.7. The summed E-state index contributed by atoms with van der Waals surface area (Å²) in [7, 11) is 0. The van der Waals surface area contributed by atoms with Gasteiger partial charge in [0.05, 0.1) is 31.7 Å². The molecule has 138 valence electrons. The second kappa shape index (κ2) is 6.21. The van der Waals surface area contributed by atoms with Gasteiger partial charge in [0.2, 0.25) is 0 Å². The fraction of sp³-hybridized carbons (Fsp3) is 0.389. The highest BCUT2D eigenvalue weighted by Gasteiger charge is 2.68. The summed E-state index contributed by atoms with van der Waals surface area (Å²) in [6.45, 7) is 2.09. The highest BCUT2D eigenvalue weighted by Crippen LogP contribution is 2.56. The van der Waals surface area contributed by atoms with Crippen molar-refractivity contribution in [2.75, 3.05) is 37.8 Å². The van der Waals surface area contributed by atoms with Gasteiger partial charge in [-0.3, -0.25) is 4.98 Å². The van der Waals surface area contributed by atoms with Gasteiger partial charge in [-0.2, -0.15) is 8.78 Å². The summed E-state index contributed by atoms with van der Waals surface area (Å²) >= 11 is 0. The first-order chi connectivity index (χ1) is 12.4. The summed E-state index contributed by atoms with van der Waals surface area (Å²) in [5.41, 5.74) is -2.33. The molecular formula is C18H16F4N2O2. The molecule has 3 heterocycles. The number of hydrogen-bond acceptors (Lipinski definition) is 4. The van der Waals surface area contributed by atoms with Gasteiger partial charge < -0.3 is 14.4 Å². The molecule has 0 N–H and O–H groups in total. The summed E-state index contributed by atoms with van der Waals surface area (Å²) in [5.74, 6) is -5.46. The predicted octanol–water partition coefficient (Wildman–Crippen LogP) is 3.21. The normalized spacial score (nSPS) is 23.2. The fourth-order valence-corrected chi connectivity index (χ4v) is 3.18. The van der Waals surface area contributed by atoms with Crippen molar-refractivity contribution in [2.45, 2.75) is 11.5 Å². The Kier molecular flexibility index (Phi) is 4.11. The molecule has 26 heavy (non-hydrogen) atoms. The van der Waals surface area contributed by atoms with Crippen LogP contribution in [0.5, 0.6) is 0 Å². The highest BCUT2D eigenvalue weighted by atomic mass is 19.3. The van der Waals surface area contributed by atoms with Gasteiger partial charge in [0, 0.05) is 24.7 Å². The Morgan fingerprint density at radius 3 is 2.38 bits per heavy atom. The zero-order chi connectivity index (χ0) is 18.4. The van der Waals surface area contributed by atoms with Gasteiger partial charge in [-0.25, -0.2) is 8.78 Å². The number of rotatable bonds is 4. The minimum Gasteiger partial charge on any atom is -0.378 e. The molecule has 4 rings (SSSR count). The Balaban J connectivity index is 1.63. The molecule has 1 aromatic carbocycles. The second-order valence-electron chi connectivity index (χ2n) is 6.32. The molecule has 2 aliphatic heterocycles. The molecule has 2 saturated heterocycles. The number of morpholine rings is 1. The van der Waals surface area contributed by atoms with E-state index in [2.05, 4.69) is 4.98 Å². The molecule has 0 aliphatic carbocycles. The average molecular weight is 368 g/mol. The molecule has 0 amide bonds. The number of benzene rings is 1. The average Bonchev–Trinajstić information content (AvgIpc) is 3.45. The smallest absolute Gasteiger partial charge is 0.324 e. The molecule has 1 unspecified atom stereocenters. The van der Waals surface area contributed by atoms with Crippen LogP contribution in [-0.2, 0) is 21.0 Å². The largest absolute Gasteiger partial charge is 0.378 e. The summed E-state index contributed by atoms with van der Waals surface area (Å²) in [4.78, 5) is 5.88. The van der Waals surface area contributed by atoms with E-state index in [0.717, 1.165) is 12.1 Å². The van der Waals surface area contributed by atoms with Crippen LogP contribution in [0, 0.1) is 11.6 Å². The van der Waals surface area contributed by atoms with Gasteiger partial charge in [-0.05, 0) is 24.3 Å². The molecule has 0 saturated carbocycles. The summed E-state index contributed by atoms with van der Waals surface area (Å²) < 4.78 is 67.5. The number of hydrogen-bond donors (Lipinski definition) is 0. The monoisotopic (exact) mass is 368 g/mol. The molecule has 2 aliphatic rings. The van der Waals surface area contributed by atoms with Crippen molar-refractivity contribution in [1.82, 2.24) is 4.98 Å². The van der Waals surface area contributed by atoms with Gasteiger partial charge in [0.25, 0.3) is 0 Å². The summed E-state index contributed by atoms with van der Waals surface area (Å²) in [6.07, 6.45) is 1.37. The number of nitrogens with zero attached hydrogens (tertiary/aromatic N) is 2. The maximum atomic E-state index is 15.1. The van der Waals surface area contributed by atoms with Gasteiger partial charge in [0.1, 0.15) is 17.3 Å². The molecule has 0 spiro atoms. The van der Waals surface area contributed by atoms with Crippen LogP contribution in [0.1, 0.15) is 11.3 Å². The first kappa shape index (κ1) is 17.2. The van der Waals surface area contributed by atoms with E-state index in [1.807, 2.05) is 4.90 Å². The van der Waals surface area contributed by atoms with E-state index >= 15 is 8.78 Å². The lowest BCUT2D eigenvalue weighted by molar-refractivity contribution is -0.0901. The lowest BCUT2D eigenvalue weighted by Gasteiger charge is -2.29. The van der Waals surface area contributed by atoms with Crippen LogP contribution >= 0.6 is 0 Å². The van der Waals surface area contributed by atoms with E-state index in [9.17, 15) is 8.78 Å². The molecule has 1 atom stereocenters. The Hall–Kier alpha value is -2.19. The van der Waals surface area contributed by atoms with E-state index in [-0.39, 0.29) is 12.2 Å². The molecule has 0 bridgehead atoms. The van der Waals surface area contributed by atoms with Gasteiger partial charge in [-0.15, -0.1) is 0 Å². The Morgan fingerprint density at radius 2 is 1.81 bits per heavy atom. The lowest BCUT2D eigenvalue weighted by atomic mass is 9.90. The van der Waals surface area contributed by atoms with Crippen molar-refractivity contribution in [1.29, 1.82) is 0 Å². The van der Waals surface area contributed by atoms with Crippen molar-refractivity contribution in [3.05, 3.63) is 59.4 Å². The number of alkyl halides is 2. The zero-order valence-electron chi connectivity index (χ0n) is 13.7. The van der Waals surface area contributed by atoms with E-state index in [1.54, 1.807) is 6.07 Å². The van der Waals surface area contributed by atoms with E-state index in [1.165, 1.54) is 12.3 Å². The summed E-state index contributed by atoms with van der Waals surface area (Å²) in [6, 6.07) is 5.28. The standard InChI is InChI=1S/C18H16F4N2O2/c19-12-1-3-14(15(20)9-12)17(11-26-17)18(21,22)16-4-2-13(10-23-16)24-5-7-25-8-6-24/h1-4,9-10H,5-8,11H2. The molecule has 2 fully saturated rings. The second-order valence-corrected chi connectivity index (χ2v) is 6.32. The molecular weight excluding hydrogens is 352 g/mol. The quantitative estimate of drug-likeness (QED) is 0.614. The van der Waals surface area contributed by atoms with Crippen molar-refractivity contribution < 1.29 is 27.0 Å². The molecule has 2 aromatic rings. The van der Waals surface area contributed by atoms with Crippen molar-refractivity contribution in [3.63, 3.8) is 0 Å². The van der Waals surface area contributed by atoms with Crippen LogP contribution < -0.4 is 4.90 Å². The van der Waals surface area contributed by atoms with Crippen molar-refractivity contribution >= 4 is 5.69 Å². The van der Waals surface area contributed by atoms with Gasteiger partial charge in [-0.1, -0.05) is 0 Å². The van der Waals surface area contributed by atoms with Crippen LogP contribution in [0.25, 0.3) is 0 Å². The fourth-order valence-electron chi connectivity index (χ4n) is 3.18. The number of halogens is 4. The third kappa shape index (κ3) is 2.73. The van der Waals surface area contributed by atoms with Crippen molar-refractivity contribution in [3.8, 4) is 0 Å². The third-order valence-corrected chi connectivity index (χ3v) is 4.75. The number of pyridine rings is 1. The SMILES string of the molecule is Fc1ccc(C2(C(F)(F)c3ccc(N4CCOCC4)cn3)CO2)c(F)c1. The van der Waals surface area contributed by atoms with Crippen LogP contribution in [0.3, 0.4) is 0 Å². The topological polar surface area (TPSA) is 37.9 Å². The summed E-state index contributed by atoms with van der Waals surface area (Å²) in [5, 5.41) is 0. The number of epoxide rings is 1. The predicted molar refractivity (Wildman–Crippen MR) is 85.2 cm³/mol.